The summed E-state index contributed by atoms with van der Waals surface area (Å²) in [6, 6.07) is 2.26. The molecule has 8 heteroatoms. The molecule has 2 N–H and O–H groups in total. The number of hydrogen-bond donors (Lipinski definition) is 2. The minimum absolute atomic E-state index is 0.0363. The highest BCUT2D eigenvalue weighted by molar-refractivity contribution is 6.40. The molecule has 1 aliphatic rings. The van der Waals surface area contributed by atoms with Crippen LogP contribution < -0.4 is 9.47 Å². The molecule has 1 heterocycles. The summed E-state index contributed by atoms with van der Waals surface area (Å²) in [6.07, 6.45) is 0. The minimum Gasteiger partial charge on any atom is -0.492 e. The summed E-state index contributed by atoms with van der Waals surface area (Å²) in [4.78, 5) is 11.7. The molecule has 0 atom stereocenters. The number of halogens is 1. The van der Waals surface area contributed by atoms with Crippen LogP contribution in [0.15, 0.2) is 12.1 Å². The van der Waals surface area contributed by atoms with Gasteiger partial charge in [-0.15, -0.1) is 0 Å². The minimum atomic E-state index is -1.69. The fourth-order valence-electron chi connectivity index (χ4n) is 1.65. The molecule has 0 aliphatic carbocycles. The van der Waals surface area contributed by atoms with Crippen LogP contribution in [-0.2, 0) is 4.74 Å². The maximum atomic E-state index is 13.6. The second-order valence-electron chi connectivity index (χ2n) is 4.43. The molecule has 0 unspecified atom stereocenters. The lowest BCUT2D eigenvalue weighted by molar-refractivity contribution is -0.128. The first-order valence-electron chi connectivity index (χ1n) is 5.54. The predicted molar refractivity (Wildman–Crippen MR) is 62.2 cm³/mol. The SMILES string of the molecule is CC1(C)OC(=O)c2c(F)ccc(OCB(O)O)c2O1. The van der Waals surface area contributed by atoms with E-state index in [4.69, 9.17) is 24.3 Å². The number of carbonyl (C=O) groups is 1. The van der Waals surface area contributed by atoms with Gasteiger partial charge < -0.3 is 24.3 Å². The quantitative estimate of drug-likeness (QED) is 0.614. The Morgan fingerprint density at radius 3 is 2.68 bits per heavy atom. The average Bonchev–Trinajstić information content (AvgIpc) is 2.25. The molecule has 0 spiro atoms. The predicted octanol–water partition coefficient (Wildman–Crippen LogP) is 0.502. The number of benzene rings is 1. The number of cyclic esters (lactones) is 1. The van der Waals surface area contributed by atoms with E-state index in [2.05, 4.69) is 0 Å². The van der Waals surface area contributed by atoms with E-state index in [-0.39, 0.29) is 17.1 Å². The van der Waals surface area contributed by atoms with E-state index in [0.29, 0.717) is 0 Å². The van der Waals surface area contributed by atoms with Crippen molar-refractivity contribution in [2.45, 2.75) is 19.6 Å². The summed E-state index contributed by atoms with van der Waals surface area (Å²) in [5.74, 6) is -2.99. The summed E-state index contributed by atoms with van der Waals surface area (Å²) >= 11 is 0. The van der Waals surface area contributed by atoms with Crippen molar-refractivity contribution in [1.82, 2.24) is 0 Å². The van der Waals surface area contributed by atoms with E-state index in [1.54, 1.807) is 0 Å². The largest absolute Gasteiger partial charge is 0.492 e. The van der Waals surface area contributed by atoms with Crippen molar-refractivity contribution in [3.63, 3.8) is 0 Å². The molecule has 0 radical (unpaired) electrons. The number of fused-ring (bicyclic) bond motifs is 1. The number of ether oxygens (including phenoxy) is 3. The van der Waals surface area contributed by atoms with Crippen molar-refractivity contribution in [1.29, 1.82) is 0 Å². The average molecular weight is 270 g/mol. The fraction of sp³-hybridized carbons (Fsp3) is 0.364. The van der Waals surface area contributed by atoms with Crippen LogP contribution in [0.5, 0.6) is 11.5 Å². The maximum Gasteiger partial charge on any atom is 0.491 e. The highest BCUT2D eigenvalue weighted by Gasteiger charge is 2.38. The number of carbonyl (C=O) groups excluding carboxylic acids is 1. The molecule has 0 aromatic heterocycles. The van der Waals surface area contributed by atoms with Gasteiger partial charge in [-0.3, -0.25) is 0 Å². The van der Waals surface area contributed by atoms with Crippen molar-refractivity contribution in [3.8, 4) is 11.5 Å². The Balaban J connectivity index is 2.43. The van der Waals surface area contributed by atoms with E-state index in [0.717, 1.165) is 6.07 Å². The lowest BCUT2D eigenvalue weighted by atomic mass is 9.95. The molecule has 1 aromatic carbocycles. The molecule has 0 fully saturated rings. The van der Waals surface area contributed by atoms with Crippen molar-refractivity contribution in [2.75, 3.05) is 6.51 Å². The molecular formula is C11H12BFO6. The molecule has 0 saturated heterocycles. The van der Waals surface area contributed by atoms with E-state index in [1.807, 2.05) is 0 Å². The Morgan fingerprint density at radius 1 is 1.37 bits per heavy atom. The second kappa shape index (κ2) is 4.71. The summed E-state index contributed by atoms with van der Waals surface area (Å²) in [7, 11) is -1.69. The van der Waals surface area contributed by atoms with Gasteiger partial charge in [0.25, 0.3) is 0 Å². The number of esters is 1. The third kappa shape index (κ3) is 2.79. The van der Waals surface area contributed by atoms with Crippen molar-refractivity contribution in [2.24, 2.45) is 0 Å². The van der Waals surface area contributed by atoms with Gasteiger partial charge in [0.1, 0.15) is 17.9 Å². The van der Waals surface area contributed by atoms with Crippen LogP contribution in [-0.4, -0.2) is 35.4 Å². The zero-order valence-corrected chi connectivity index (χ0v) is 10.3. The standard InChI is InChI=1S/C11H12BFO6/c1-11(2)18-9-7(17-5-12(15)16)4-3-6(13)8(9)10(14)19-11/h3-4,15-16H,5H2,1-2H3. The molecule has 0 amide bonds. The van der Waals surface area contributed by atoms with Gasteiger partial charge in [-0.05, 0) is 12.1 Å². The summed E-state index contributed by atoms with van der Waals surface area (Å²) < 4.78 is 28.9. The number of rotatable bonds is 3. The zero-order chi connectivity index (χ0) is 14.2. The van der Waals surface area contributed by atoms with Crippen LogP contribution in [0.25, 0.3) is 0 Å². The van der Waals surface area contributed by atoms with E-state index < -0.39 is 31.2 Å². The van der Waals surface area contributed by atoms with Gasteiger partial charge in [0, 0.05) is 13.8 Å². The lowest BCUT2D eigenvalue weighted by Gasteiger charge is -2.32. The molecule has 1 aromatic rings. The van der Waals surface area contributed by atoms with Crippen LogP contribution in [0.3, 0.4) is 0 Å². The molecule has 1 aliphatic heterocycles. The third-order valence-corrected chi connectivity index (χ3v) is 2.35. The topological polar surface area (TPSA) is 85.2 Å². The van der Waals surface area contributed by atoms with E-state index >= 15 is 0 Å². The van der Waals surface area contributed by atoms with Gasteiger partial charge in [0.05, 0.1) is 0 Å². The number of hydrogen-bond acceptors (Lipinski definition) is 6. The maximum absolute atomic E-state index is 13.6. The van der Waals surface area contributed by atoms with Crippen LogP contribution in [0.2, 0.25) is 0 Å². The molecule has 0 saturated carbocycles. The van der Waals surface area contributed by atoms with Gasteiger partial charge in [-0.1, -0.05) is 0 Å². The third-order valence-electron chi connectivity index (χ3n) is 2.35. The molecule has 102 valence electrons. The van der Waals surface area contributed by atoms with Crippen LogP contribution in [0, 0.1) is 5.82 Å². The fourth-order valence-corrected chi connectivity index (χ4v) is 1.65. The van der Waals surface area contributed by atoms with Crippen LogP contribution in [0.4, 0.5) is 4.39 Å². The molecule has 0 bridgehead atoms. The van der Waals surface area contributed by atoms with Gasteiger partial charge in [0.15, 0.2) is 11.5 Å². The van der Waals surface area contributed by atoms with Gasteiger partial charge in [-0.25, -0.2) is 9.18 Å². The molecule has 2 rings (SSSR count). The Hall–Kier alpha value is -1.80. The summed E-state index contributed by atoms with van der Waals surface area (Å²) in [6.45, 7) is 2.55. The molecule has 6 nitrogen and oxygen atoms in total. The van der Waals surface area contributed by atoms with Gasteiger partial charge in [-0.2, -0.15) is 0 Å². The van der Waals surface area contributed by atoms with Crippen molar-refractivity contribution < 1.29 is 33.4 Å². The molecule has 19 heavy (non-hydrogen) atoms. The lowest BCUT2D eigenvalue weighted by Crippen LogP contribution is -2.39. The zero-order valence-electron chi connectivity index (χ0n) is 10.3. The summed E-state index contributed by atoms with van der Waals surface area (Å²) in [5.41, 5.74) is -0.371. The highest BCUT2D eigenvalue weighted by Crippen LogP contribution is 2.40. The van der Waals surface area contributed by atoms with Crippen LogP contribution in [0.1, 0.15) is 24.2 Å². The first kappa shape index (κ1) is 13.6. The Morgan fingerprint density at radius 2 is 2.05 bits per heavy atom. The Kier molecular flexibility index (Phi) is 3.38. The van der Waals surface area contributed by atoms with Crippen molar-refractivity contribution in [3.05, 3.63) is 23.5 Å². The normalized spacial score (nSPS) is 16.2. The second-order valence-corrected chi connectivity index (χ2v) is 4.43. The van der Waals surface area contributed by atoms with E-state index in [9.17, 15) is 9.18 Å². The smallest absolute Gasteiger partial charge is 0.491 e. The monoisotopic (exact) mass is 270 g/mol. The van der Waals surface area contributed by atoms with Gasteiger partial charge in [0.2, 0.25) is 5.79 Å². The summed E-state index contributed by atoms with van der Waals surface area (Å²) in [5, 5.41) is 17.5. The Labute approximate surface area is 108 Å². The molecular weight excluding hydrogens is 258 g/mol. The first-order valence-corrected chi connectivity index (χ1v) is 5.54. The van der Waals surface area contributed by atoms with Gasteiger partial charge >= 0.3 is 13.1 Å². The Bertz CT molecular complexity index is 516. The van der Waals surface area contributed by atoms with Crippen LogP contribution >= 0.6 is 0 Å². The van der Waals surface area contributed by atoms with Crippen molar-refractivity contribution >= 4 is 13.1 Å². The van der Waals surface area contributed by atoms with E-state index in [1.165, 1.54) is 19.9 Å². The first-order chi connectivity index (χ1) is 8.80. The highest BCUT2D eigenvalue weighted by atomic mass is 19.1.